The van der Waals surface area contributed by atoms with E-state index < -0.39 is 0 Å². The highest BCUT2D eigenvalue weighted by molar-refractivity contribution is 5.70. The van der Waals surface area contributed by atoms with E-state index in [4.69, 9.17) is 9.47 Å². The maximum Gasteiger partial charge on any atom is 0.306 e. The van der Waals surface area contributed by atoms with Gasteiger partial charge >= 0.3 is 11.9 Å². The topological polar surface area (TPSA) is 52.6 Å². The zero-order chi connectivity index (χ0) is 11.0. The molecule has 2 aliphatic rings. The fraction of sp³-hybridized carbons (Fsp3) is 0.818. The van der Waals surface area contributed by atoms with Gasteiger partial charge in [-0.25, -0.2) is 0 Å². The van der Waals surface area contributed by atoms with E-state index in [1.807, 2.05) is 0 Å². The molecule has 1 saturated carbocycles. The van der Waals surface area contributed by atoms with Gasteiger partial charge in [0.1, 0.15) is 6.10 Å². The normalized spacial score (nSPS) is 39.5. The van der Waals surface area contributed by atoms with Crippen LogP contribution >= 0.6 is 0 Å². The Morgan fingerprint density at radius 1 is 1.53 bits per heavy atom. The molecule has 1 saturated heterocycles. The molecular weight excluding hydrogens is 196 g/mol. The second kappa shape index (κ2) is 3.83. The average Bonchev–Trinajstić information content (AvgIpc) is 2.42. The highest BCUT2D eigenvalue weighted by atomic mass is 16.5. The van der Waals surface area contributed by atoms with Crippen LogP contribution in [0.2, 0.25) is 0 Å². The van der Waals surface area contributed by atoms with Crippen LogP contribution in [-0.4, -0.2) is 24.6 Å². The lowest BCUT2D eigenvalue weighted by Crippen LogP contribution is -2.30. The number of carbonyl (C=O) groups is 2. The van der Waals surface area contributed by atoms with Crippen molar-refractivity contribution in [3.05, 3.63) is 0 Å². The van der Waals surface area contributed by atoms with Gasteiger partial charge in [-0.2, -0.15) is 0 Å². The van der Waals surface area contributed by atoms with Crippen molar-refractivity contribution in [1.82, 2.24) is 0 Å². The number of rotatable bonds is 1. The van der Waals surface area contributed by atoms with Crippen molar-refractivity contribution < 1.29 is 19.1 Å². The summed E-state index contributed by atoms with van der Waals surface area (Å²) in [6.45, 7) is 3.98. The molecule has 4 unspecified atom stereocenters. The van der Waals surface area contributed by atoms with E-state index in [9.17, 15) is 9.59 Å². The molecular formula is C11H16O4. The van der Waals surface area contributed by atoms with Gasteiger partial charge in [-0.1, -0.05) is 6.92 Å². The highest BCUT2D eigenvalue weighted by Crippen LogP contribution is 2.43. The Morgan fingerprint density at radius 3 is 2.93 bits per heavy atom. The third kappa shape index (κ3) is 1.98. The predicted octanol–water partition coefficient (Wildman–Crippen LogP) is 1.14. The molecule has 4 nitrogen and oxygen atoms in total. The average molecular weight is 212 g/mol. The Hall–Kier alpha value is -1.06. The molecule has 0 aromatic rings. The number of cyclic esters (lactones) is 1. The molecule has 84 valence electrons. The molecule has 2 fully saturated rings. The summed E-state index contributed by atoms with van der Waals surface area (Å²) >= 11 is 0. The van der Waals surface area contributed by atoms with Gasteiger partial charge in [0.25, 0.3) is 0 Å². The summed E-state index contributed by atoms with van der Waals surface area (Å²) < 4.78 is 10.3. The minimum absolute atomic E-state index is 0.0352. The summed E-state index contributed by atoms with van der Waals surface area (Å²) in [4.78, 5) is 22.0. The van der Waals surface area contributed by atoms with Gasteiger partial charge in [0.05, 0.1) is 6.61 Å². The Morgan fingerprint density at radius 2 is 2.27 bits per heavy atom. The van der Waals surface area contributed by atoms with Crippen LogP contribution in [-0.2, 0) is 19.1 Å². The van der Waals surface area contributed by atoms with E-state index in [0.717, 1.165) is 6.42 Å². The zero-order valence-corrected chi connectivity index (χ0v) is 9.06. The SMILES string of the molecule is CC(=O)OC1CC2CC(=O)OCC2C1C. The summed E-state index contributed by atoms with van der Waals surface area (Å²) in [5.74, 6) is 0.648. The van der Waals surface area contributed by atoms with Gasteiger partial charge in [-0.05, 0) is 18.3 Å². The number of hydrogen-bond acceptors (Lipinski definition) is 4. The van der Waals surface area contributed by atoms with Crippen LogP contribution in [0.3, 0.4) is 0 Å². The molecule has 2 rings (SSSR count). The molecule has 15 heavy (non-hydrogen) atoms. The Balaban J connectivity index is 2.02. The van der Waals surface area contributed by atoms with Crippen LogP contribution in [0.4, 0.5) is 0 Å². The van der Waals surface area contributed by atoms with Crippen molar-refractivity contribution in [2.45, 2.75) is 32.8 Å². The van der Waals surface area contributed by atoms with E-state index in [-0.39, 0.29) is 18.0 Å². The first-order chi connectivity index (χ1) is 7.08. The van der Waals surface area contributed by atoms with Crippen LogP contribution in [0, 0.1) is 17.8 Å². The maximum absolute atomic E-state index is 11.1. The molecule has 1 heterocycles. The number of fused-ring (bicyclic) bond motifs is 1. The number of ether oxygens (including phenoxy) is 2. The van der Waals surface area contributed by atoms with E-state index in [1.54, 1.807) is 0 Å². The minimum Gasteiger partial charge on any atom is -0.465 e. The lowest BCUT2D eigenvalue weighted by molar-refractivity contribution is -0.153. The molecule has 0 aromatic heterocycles. The molecule has 0 aromatic carbocycles. The molecule has 0 radical (unpaired) electrons. The van der Waals surface area contributed by atoms with Gasteiger partial charge < -0.3 is 9.47 Å². The monoisotopic (exact) mass is 212 g/mol. The van der Waals surface area contributed by atoms with Crippen LogP contribution in [0.5, 0.6) is 0 Å². The van der Waals surface area contributed by atoms with Gasteiger partial charge in [-0.3, -0.25) is 9.59 Å². The van der Waals surface area contributed by atoms with Crippen molar-refractivity contribution in [3.63, 3.8) is 0 Å². The predicted molar refractivity (Wildman–Crippen MR) is 51.9 cm³/mol. The summed E-state index contributed by atoms with van der Waals surface area (Å²) in [5.41, 5.74) is 0. The third-order valence-corrected chi connectivity index (χ3v) is 3.59. The largest absolute Gasteiger partial charge is 0.465 e. The van der Waals surface area contributed by atoms with E-state index in [0.29, 0.717) is 30.8 Å². The lowest BCUT2D eigenvalue weighted by Gasteiger charge is -2.26. The third-order valence-electron chi connectivity index (χ3n) is 3.59. The van der Waals surface area contributed by atoms with Crippen LogP contribution in [0.1, 0.15) is 26.7 Å². The molecule has 1 aliphatic heterocycles. The first-order valence-corrected chi connectivity index (χ1v) is 5.40. The van der Waals surface area contributed by atoms with Gasteiger partial charge in [0.2, 0.25) is 0 Å². The molecule has 0 spiro atoms. The summed E-state index contributed by atoms with van der Waals surface area (Å²) in [6.07, 6.45) is 1.25. The second-order valence-corrected chi connectivity index (χ2v) is 4.55. The van der Waals surface area contributed by atoms with Crippen molar-refractivity contribution in [2.24, 2.45) is 17.8 Å². The van der Waals surface area contributed by atoms with E-state index in [1.165, 1.54) is 6.92 Å². The summed E-state index contributed by atoms with van der Waals surface area (Å²) in [7, 11) is 0. The second-order valence-electron chi connectivity index (χ2n) is 4.55. The number of carbonyl (C=O) groups excluding carboxylic acids is 2. The zero-order valence-electron chi connectivity index (χ0n) is 9.06. The van der Waals surface area contributed by atoms with Crippen LogP contribution < -0.4 is 0 Å². The molecule has 4 heteroatoms. The van der Waals surface area contributed by atoms with Crippen molar-refractivity contribution in [3.8, 4) is 0 Å². The first-order valence-electron chi connectivity index (χ1n) is 5.40. The molecule has 1 aliphatic carbocycles. The molecule has 0 amide bonds. The van der Waals surface area contributed by atoms with Crippen molar-refractivity contribution in [1.29, 1.82) is 0 Å². The quantitative estimate of drug-likeness (QED) is 0.611. The highest BCUT2D eigenvalue weighted by Gasteiger charge is 2.46. The standard InChI is InChI=1S/C11H16O4/c1-6-9-5-14-11(13)4-8(9)3-10(6)15-7(2)12/h6,8-10H,3-5H2,1-2H3. The molecule has 4 atom stereocenters. The van der Waals surface area contributed by atoms with Gasteiger partial charge in [0.15, 0.2) is 0 Å². The lowest BCUT2D eigenvalue weighted by atomic mass is 9.87. The smallest absolute Gasteiger partial charge is 0.306 e. The van der Waals surface area contributed by atoms with Crippen LogP contribution in [0.15, 0.2) is 0 Å². The first kappa shape index (κ1) is 10.5. The van der Waals surface area contributed by atoms with Crippen molar-refractivity contribution >= 4 is 11.9 Å². The molecule has 0 N–H and O–H groups in total. The minimum atomic E-state index is -0.238. The molecule has 0 bridgehead atoms. The summed E-state index contributed by atoms with van der Waals surface area (Å²) in [6, 6.07) is 0. The van der Waals surface area contributed by atoms with E-state index in [2.05, 4.69) is 6.92 Å². The maximum atomic E-state index is 11.1. The van der Waals surface area contributed by atoms with Gasteiger partial charge in [0, 0.05) is 19.3 Å². The van der Waals surface area contributed by atoms with E-state index >= 15 is 0 Å². The Kier molecular flexibility index (Phi) is 2.67. The Labute approximate surface area is 88.9 Å². The van der Waals surface area contributed by atoms with Gasteiger partial charge in [-0.15, -0.1) is 0 Å². The Bertz CT molecular complexity index is 286. The fourth-order valence-corrected chi connectivity index (χ4v) is 2.75. The number of hydrogen-bond donors (Lipinski definition) is 0. The van der Waals surface area contributed by atoms with Crippen LogP contribution in [0.25, 0.3) is 0 Å². The summed E-state index contributed by atoms with van der Waals surface area (Å²) in [5, 5.41) is 0. The fourth-order valence-electron chi connectivity index (χ4n) is 2.75. The number of esters is 2. The van der Waals surface area contributed by atoms with Crippen molar-refractivity contribution in [2.75, 3.05) is 6.61 Å².